The van der Waals surface area contributed by atoms with Crippen LogP contribution in [0.4, 0.5) is 5.69 Å². The zero-order valence-corrected chi connectivity index (χ0v) is 8.63. The van der Waals surface area contributed by atoms with Crippen molar-refractivity contribution in [1.82, 2.24) is 0 Å². The molecule has 2 aliphatic heterocycles. The van der Waals surface area contributed by atoms with Crippen LogP contribution in [0.1, 0.15) is 5.56 Å². The predicted molar refractivity (Wildman–Crippen MR) is 55.1 cm³/mol. The van der Waals surface area contributed by atoms with E-state index in [0.29, 0.717) is 6.04 Å². The Bertz CT molecular complexity index is 346. The van der Waals surface area contributed by atoms with Crippen LogP contribution in [0.5, 0.6) is 0 Å². The van der Waals surface area contributed by atoms with Crippen LogP contribution in [0.3, 0.4) is 0 Å². The molecule has 1 aromatic carbocycles. The number of para-hydroxylation sites is 1. The fourth-order valence-electron chi connectivity index (χ4n) is 2.00. The van der Waals surface area contributed by atoms with Gasteiger partial charge in [0, 0.05) is 5.69 Å². The van der Waals surface area contributed by atoms with Crippen molar-refractivity contribution in [1.29, 1.82) is 0 Å². The van der Waals surface area contributed by atoms with E-state index in [0.717, 1.165) is 13.0 Å². The number of fused-ring (bicyclic) bond motifs is 3. The van der Waals surface area contributed by atoms with Gasteiger partial charge < -0.3 is 9.19 Å². The van der Waals surface area contributed by atoms with E-state index in [2.05, 4.69) is 28.9 Å². The Morgan fingerprint density at radius 2 is 2.31 bits per heavy atom. The third-order valence-corrected chi connectivity index (χ3v) is 4.61. The fourth-order valence-corrected chi connectivity index (χ4v) is 3.97. The van der Waals surface area contributed by atoms with Gasteiger partial charge in [-0.1, -0.05) is 18.2 Å². The Morgan fingerprint density at radius 1 is 1.46 bits per heavy atom. The molecule has 2 heterocycles. The van der Waals surface area contributed by atoms with E-state index < -0.39 is 7.65 Å². The highest BCUT2D eigenvalue weighted by molar-refractivity contribution is 7.81. The fraction of sp³-hybridized carbons (Fsp3) is 0.333. The molecule has 1 saturated heterocycles. The van der Waals surface area contributed by atoms with Crippen LogP contribution in [-0.2, 0) is 10.9 Å². The molecule has 0 spiro atoms. The van der Waals surface area contributed by atoms with E-state index in [-0.39, 0.29) is 0 Å². The van der Waals surface area contributed by atoms with E-state index in [1.54, 1.807) is 0 Å². The lowest BCUT2D eigenvalue weighted by atomic mass is 10.1. The Kier molecular flexibility index (Phi) is 1.76. The number of benzene rings is 1. The maximum atomic E-state index is 6.11. The summed E-state index contributed by atoms with van der Waals surface area (Å²) in [4.78, 5) is 0. The molecule has 1 aromatic rings. The number of rotatable bonds is 0. The Labute approximate surface area is 83.1 Å². The lowest BCUT2D eigenvalue weighted by Gasteiger charge is -2.18. The van der Waals surface area contributed by atoms with E-state index in [1.807, 2.05) is 0 Å². The summed E-state index contributed by atoms with van der Waals surface area (Å²) in [6, 6.07) is 8.92. The third kappa shape index (κ3) is 1.10. The van der Waals surface area contributed by atoms with Gasteiger partial charge in [-0.2, -0.15) is 0 Å². The first-order chi connectivity index (χ1) is 6.36. The summed E-state index contributed by atoms with van der Waals surface area (Å²) in [5.74, 6) is 0. The molecule has 0 bridgehead atoms. The number of anilines is 1. The maximum Gasteiger partial charge on any atom is 0.236 e. The normalized spacial score (nSPS) is 30.4. The lowest BCUT2D eigenvalue weighted by Crippen LogP contribution is -2.21. The van der Waals surface area contributed by atoms with Crippen molar-refractivity contribution >= 4 is 24.6 Å². The first-order valence-electron chi connectivity index (χ1n) is 4.32. The largest absolute Gasteiger partial charge is 0.325 e. The van der Waals surface area contributed by atoms with Gasteiger partial charge in [0.15, 0.2) is 0 Å². The van der Waals surface area contributed by atoms with Crippen molar-refractivity contribution in [3.05, 3.63) is 29.8 Å². The minimum Gasteiger partial charge on any atom is -0.325 e. The summed E-state index contributed by atoms with van der Waals surface area (Å²) in [5.41, 5.74) is 2.68. The van der Waals surface area contributed by atoms with Crippen molar-refractivity contribution in [2.45, 2.75) is 12.5 Å². The quantitative estimate of drug-likeness (QED) is 0.615. The van der Waals surface area contributed by atoms with E-state index in [4.69, 9.17) is 15.8 Å². The molecule has 68 valence electrons. The van der Waals surface area contributed by atoms with Crippen molar-refractivity contribution in [2.75, 3.05) is 11.3 Å². The van der Waals surface area contributed by atoms with Crippen LogP contribution in [0.2, 0.25) is 0 Å². The molecule has 4 heteroatoms. The number of halogens is 1. The molecule has 3 rings (SSSR count). The molecule has 0 amide bonds. The van der Waals surface area contributed by atoms with Gasteiger partial charge in [0.2, 0.25) is 7.65 Å². The summed E-state index contributed by atoms with van der Waals surface area (Å²) >= 11 is 6.11. The monoisotopic (exact) mass is 213 g/mol. The molecule has 2 unspecified atom stereocenters. The minimum absolute atomic E-state index is 0.487. The van der Waals surface area contributed by atoms with E-state index >= 15 is 0 Å². The van der Waals surface area contributed by atoms with Crippen molar-refractivity contribution in [2.24, 2.45) is 0 Å². The van der Waals surface area contributed by atoms with Crippen LogP contribution in [0, 0.1) is 0 Å². The maximum absolute atomic E-state index is 6.11. The summed E-state index contributed by atoms with van der Waals surface area (Å²) in [6.45, 7) is 0.782. The summed E-state index contributed by atoms with van der Waals surface area (Å²) in [5, 5.41) is 0. The zero-order chi connectivity index (χ0) is 8.84. The average molecular weight is 214 g/mol. The van der Waals surface area contributed by atoms with Crippen LogP contribution >= 0.6 is 18.9 Å². The second kappa shape index (κ2) is 2.84. The molecule has 0 N–H and O–H groups in total. The topological polar surface area (TPSA) is 12.5 Å². The van der Waals surface area contributed by atoms with Gasteiger partial charge in [-0.25, -0.2) is 0 Å². The summed E-state index contributed by atoms with van der Waals surface area (Å²) in [6.07, 6.45) is 1.09. The molecule has 2 aliphatic rings. The first-order valence-corrected chi connectivity index (χ1v) is 6.44. The van der Waals surface area contributed by atoms with Gasteiger partial charge in [-0.15, -0.1) is 0 Å². The number of hydrogen-bond donors (Lipinski definition) is 0. The molecular weight excluding hydrogens is 205 g/mol. The third-order valence-electron chi connectivity index (χ3n) is 2.58. The summed E-state index contributed by atoms with van der Waals surface area (Å²) in [7, 11) is -0.886. The number of nitrogens with zero attached hydrogens (tertiary/aromatic N) is 1. The Morgan fingerprint density at radius 3 is 3.23 bits per heavy atom. The number of hydrogen-bond acceptors (Lipinski definition) is 2. The van der Waals surface area contributed by atoms with Crippen molar-refractivity contribution in [3.63, 3.8) is 0 Å². The van der Waals surface area contributed by atoms with Crippen molar-refractivity contribution in [3.8, 4) is 0 Å². The molecule has 0 aliphatic carbocycles. The van der Waals surface area contributed by atoms with Crippen LogP contribution in [0.25, 0.3) is 0 Å². The van der Waals surface area contributed by atoms with Crippen molar-refractivity contribution < 1.29 is 4.52 Å². The molecule has 0 aromatic heterocycles. The molecule has 0 saturated carbocycles. The highest BCUT2D eigenvalue weighted by Crippen LogP contribution is 2.58. The van der Waals surface area contributed by atoms with E-state index in [1.165, 1.54) is 11.3 Å². The predicted octanol–water partition coefficient (Wildman–Crippen LogP) is 2.91. The van der Waals surface area contributed by atoms with Gasteiger partial charge in [0.25, 0.3) is 0 Å². The zero-order valence-electron chi connectivity index (χ0n) is 6.98. The molecule has 13 heavy (non-hydrogen) atoms. The summed E-state index contributed by atoms with van der Waals surface area (Å²) < 4.78 is 7.66. The molecule has 1 fully saturated rings. The van der Waals surface area contributed by atoms with Gasteiger partial charge >= 0.3 is 0 Å². The van der Waals surface area contributed by atoms with Crippen LogP contribution in [0.15, 0.2) is 24.3 Å². The molecule has 0 radical (unpaired) electrons. The molecule has 2 atom stereocenters. The van der Waals surface area contributed by atoms with Gasteiger partial charge in [0.1, 0.15) is 0 Å². The molecule has 2 nitrogen and oxygen atoms in total. The Balaban J connectivity index is 2.08. The first kappa shape index (κ1) is 8.05. The van der Waals surface area contributed by atoms with Gasteiger partial charge in [-0.3, -0.25) is 0 Å². The SMILES string of the molecule is ClP1OCC2Cc3ccccc3N21. The van der Waals surface area contributed by atoms with Crippen LogP contribution < -0.4 is 4.67 Å². The van der Waals surface area contributed by atoms with Crippen LogP contribution in [-0.4, -0.2) is 12.6 Å². The highest BCUT2D eigenvalue weighted by Gasteiger charge is 2.40. The highest BCUT2D eigenvalue weighted by atomic mass is 35.7. The van der Waals surface area contributed by atoms with E-state index in [9.17, 15) is 0 Å². The lowest BCUT2D eigenvalue weighted by molar-refractivity contribution is 0.368. The van der Waals surface area contributed by atoms with Gasteiger partial charge in [0.05, 0.1) is 12.6 Å². The average Bonchev–Trinajstić information content (AvgIpc) is 2.66. The smallest absolute Gasteiger partial charge is 0.236 e. The Hall–Kier alpha value is -0.300. The second-order valence-electron chi connectivity index (χ2n) is 3.35. The van der Waals surface area contributed by atoms with Gasteiger partial charge in [-0.05, 0) is 29.3 Å². The second-order valence-corrected chi connectivity index (χ2v) is 5.36. The standard InChI is InChI=1S/C9H9ClNOP/c10-13-11-8(6-12-13)5-7-3-1-2-4-9(7)11/h1-4,8H,5-6H2. The molecular formula is C9H9ClNOP. The minimum atomic E-state index is -0.886.